The van der Waals surface area contributed by atoms with Crippen LogP contribution in [0.15, 0.2) is 0 Å². The topological polar surface area (TPSA) is 21.3 Å². The third-order valence-electron chi connectivity index (χ3n) is 3.63. The Morgan fingerprint density at radius 2 is 2.00 bits per heavy atom. The SMILES string of the molecule is CCCNC1CCCCC1CCCOCC. The quantitative estimate of drug-likeness (QED) is 0.642. The molecule has 1 aliphatic rings. The highest BCUT2D eigenvalue weighted by Gasteiger charge is 2.23. The molecule has 0 aromatic rings. The highest BCUT2D eigenvalue weighted by Crippen LogP contribution is 2.28. The molecule has 0 aromatic heterocycles. The summed E-state index contributed by atoms with van der Waals surface area (Å²) in [6.07, 6.45) is 9.51. The van der Waals surface area contributed by atoms with E-state index in [1.807, 2.05) is 0 Å². The van der Waals surface area contributed by atoms with Gasteiger partial charge in [-0.2, -0.15) is 0 Å². The van der Waals surface area contributed by atoms with Gasteiger partial charge >= 0.3 is 0 Å². The molecule has 0 radical (unpaired) electrons. The van der Waals surface area contributed by atoms with Crippen LogP contribution >= 0.6 is 0 Å². The minimum absolute atomic E-state index is 0.787. The summed E-state index contributed by atoms with van der Waals surface area (Å²) in [5, 5.41) is 3.72. The molecule has 1 aliphatic carbocycles. The smallest absolute Gasteiger partial charge is 0.0466 e. The Balaban J connectivity index is 2.18. The highest BCUT2D eigenvalue weighted by molar-refractivity contribution is 4.80. The van der Waals surface area contributed by atoms with E-state index in [1.165, 1.54) is 51.5 Å². The average Bonchev–Trinajstić information content (AvgIpc) is 2.33. The molecular weight excluding hydrogens is 198 g/mol. The van der Waals surface area contributed by atoms with Gasteiger partial charge in [0.25, 0.3) is 0 Å². The van der Waals surface area contributed by atoms with Crippen LogP contribution in [-0.4, -0.2) is 25.8 Å². The molecule has 1 rings (SSSR count). The molecule has 0 spiro atoms. The molecule has 2 unspecified atom stereocenters. The standard InChI is InChI=1S/C14H29NO/c1-3-11-15-14-10-6-5-8-13(14)9-7-12-16-4-2/h13-15H,3-12H2,1-2H3. The Morgan fingerprint density at radius 1 is 1.19 bits per heavy atom. The Labute approximate surface area is 101 Å². The van der Waals surface area contributed by atoms with Crippen LogP contribution in [0.1, 0.15) is 58.8 Å². The fourth-order valence-corrected chi connectivity index (χ4v) is 2.74. The monoisotopic (exact) mass is 227 g/mol. The van der Waals surface area contributed by atoms with E-state index >= 15 is 0 Å². The van der Waals surface area contributed by atoms with Crippen molar-refractivity contribution in [2.45, 2.75) is 64.8 Å². The van der Waals surface area contributed by atoms with Crippen molar-refractivity contribution >= 4 is 0 Å². The Morgan fingerprint density at radius 3 is 2.75 bits per heavy atom. The average molecular weight is 227 g/mol. The first-order valence-corrected chi connectivity index (χ1v) is 7.19. The van der Waals surface area contributed by atoms with Crippen molar-refractivity contribution in [2.75, 3.05) is 19.8 Å². The van der Waals surface area contributed by atoms with Crippen LogP contribution in [-0.2, 0) is 4.74 Å². The van der Waals surface area contributed by atoms with Gasteiger partial charge in [0, 0.05) is 19.3 Å². The molecule has 16 heavy (non-hydrogen) atoms. The lowest BCUT2D eigenvalue weighted by Crippen LogP contribution is -2.39. The second-order valence-corrected chi connectivity index (χ2v) is 4.94. The second kappa shape index (κ2) is 9.00. The molecule has 1 N–H and O–H groups in total. The first-order valence-electron chi connectivity index (χ1n) is 7.19. The zero-order valence-corrected chi connectivity index (χ0v) is 11.1. The van der Waals surface area contributed by atoms with Gasteiger partial charge in [0.05, 0.1) is 0 Å². The first kappa shape index (κ1) is 14.0. The van der Waals surface area contributed by atoms with Gasteiger partial charge in [-0.3, -0.25) is 0 Å². The predicted octanol–water partition coefficient (Wildman–Crippen LogP) is 3.36. The molecule has 0 aromatic carbocycles. The summed E-state index contributed by atoms with van der Waals surface area (Å²) in [6.45, 7) is 7.33. The maximum absolute atomic E-state index is 5.42. The molecule has 2 heteroatoms. The normalized spacial score (nSPS) is 25.9. The van der Waals surface area contributed by atoms with Crippen molar-refractivity contribution < 1.29 is 4.74 Å². The summed E-state index contributed by atoms with van der Waals surface area (Å²) < 4.78 is 5.42. The molecule has 0 amide bonds. The number of hydrogen-bond donors (Lipinski definition) is 1. The minimum atomic E-state index is 0.787. The van der Waals surface area contributed by atoms with Crippen LogP contribution in [0.5, 0.6) is 0 Å². The van der Waals surface area contributed by atoms with E-state index in [-0.39, 0.29) is 0 Å². The Hall–Kier alpha value is -0.0800. The van der Waals surface area contributed by atoms with E-state index in [0.29, 0.717) is 0 Å². The van der Waals surface area contributed by atoms with E-state index in [4.69, 9.17) is 4.74 Å². The number of hydrogen-bond acceptors (Lipinski definition) is 2. The summed E-state index contributed by atoms with van der Waals surface area (Å²) in [6, 6.07) is 0.787. The maximum Gasteiger partial charge on any atom is 0.0466 e. The number of rotatable bonds is 8. The summed E-state index contributed by atoms with van der Waals surface area (Å²) in [5.41, 5.74) is 0. The zero-order chi connectivity index (χ0) is 11.6. The van der Waals surface area contributed by atoms with Crippen LogP contribution in [0.4, 0.5) is 0 Å². The van der Waals surface area contributed by atoms with Crippen LogP contribution in [0.3, 0.4) is 0 Å². The summed E-state index contributed by atoms with van der Waals surface area (Å²) >= 11 is 0. The zero-order valence-electron chi connectivity index (χ0n) is 11.1. The van der Waals surface area contributed by atoms with Crippen molar-refractivity contribution in [3.05, 3.63) is 0 Å². The summed E-state index contributed by atoms with van der Waals surface area (Å²) in [5.74, 6) is 0.903. The van der Waals surface area contributed by atoms with Crippen LogP contribution < -0.4 is 5.32 Å². The predicted molar refractivity (Wildman–Crippen MR) is 69.8 cm³/mol. The summed E-state index contributed by atoms with van der Waals surface area (Å²) in [7, 11) is 0. The van der Waals surface area contributed by atoms with Crippen molar-refractivity contribution in [2.24, 2.45) is 5.92 Å². The molecule has 0 heterocycles. The fourth-order valence-electron chi connectivity index (χ4n) is 2.74. The van der Waals surface area contributed by atoms with Crippen molar-refractivity contribution in [1.29, 1.82) is 0 Å². The Bertz CT molecular complexity index is 161. The van der Waals surface area contributed by atoms with Crippen LogP contribution in [0.2, 0.25) is 0 Å². The van der Waals surface area contributed by atoms with Gasteiger partial charge in [0.1, 0.15) is 0 Å². The maximum atomic E-state index is 5.42. The molecule has 0 aliphatic heterocycles. The van der Waals surface area contributed by atoms with E-state index in [9.17, 15) is 0 Å². The van der Waals surface area contributed by atoms with Crippen LogP contribution in [0, 0.1) is 5.92 Å². The summed E-state index contributed by atoms with van der Waals surface area (Å²) in [4.78, 5) is 0. The third-order valence-corrected chi connectivity index (χ3v) is 3.63. The van der Waals surface area contributed by atoms with E-state index in [2.05, 4.69) is 19.2 Å². The molecule has 1 saturated carbocycles. The molecule has 0 saturated heterocycles. The fraction of sp³-hybridized carbons (Fsp3) is 1.00. The molecule has 1 fully saturated rings. The minimum Gasteiger partial charge on any atom is -0.382 e. The molecule has 2 nitrogen and oxygen atoms in total. The van der Waals surface area contributed by atoms with Gasteiger partial charge in [0.15, 0.2) is 0 Å². The Kier molecular flexibility index (Phi) is 7.87. The molecule has 0 bridgehead atoms. The van der Waals surface area contributed by atoms with Gasteiger partial charge in [0.2, 0.25) is 0 Å². The highest BCUT2D eigenvalue weighted by atomic mass is 16.5. The van der Waals surface area contributed by atoms with Gasteiger partial charge in [-0.05, 0) is 51.5 Å². The van der Waals surface area contributed by atoms with Gasteiger partial charge in [-0.1, -0.05) is 19.8 Å². The van der Waals surface area contributed by atoms with E-state index in [1.54, 1.807) is 0 Å². The molecular formula is C14H29NO. The lowest BCUT2D eigenvalue weighted by molar-refractivity contribution is 0.132. The number of ether oxygens (including phenoxy) is 1. The van der Waals surface area contributed by atoms with E-state index in [0.717, 1.165) is 25.2 Å². The third kappa shape index (κ3) is 5.31. The lowest BCUT2D eigenvalue weighted by Gasteiger charge is -2.32. The van der Waals surface area contributed by atoms with Gasteiger partial charge in [-0.25, -0.2) is 0 Å². The van der Waals surface area contributed by atoms with Crippen molar-refractivity contribution in [1.82, 2.24) is 5.32 Å². The number of nitrogens with one attached hydrogen (secondary N) is 1. The largest absolute Gasteiger partial charge is 0.382 e. The molecule has 2 atom stereocenters. The molecule has 96 valence electrons. The van der Waals surface area contributed by atoms with Crippen molar-refractivity contribution in [3.63, 3.8) is 0 Å². The lowest BCUT2D eigenvalue weighted by atomic mass is 9.81. The van der Waals surface area contributed by atoms with Gasteiger partial charge in [-0.15, -0.1) is 0 Å². The van der Waals surface area contributed by atoms with Gasteiger partial charge < -0.3 is 10.1 Å². The van der Waals surface area contributed by atoms with E-state index < -0.39 is 0 Å². The second-order valence-electron chi connectivity index (χ2n) is 4.94. The van der Waals surface area contributed by atoms with Crippen LogP contribution in [0.25, 0.3) is 0 Å². The van der Waals surface area contributed by atoms with Crippen molar-refractivity contribution in [3.8, 4) is 0 Å². The first-order chi connectivity index (χ1) is 7.88.